The highest BCUT2D eigenvalue weighted by Crippen LogP contribution is 2.38. The standard InChI is InChI=1S/C16H18ClN5O9S/c1-6(23)28-5-32(26,27)15-11(30-8(3)25)10(29-7(2)24)14(31-15)22-4-19-9-12(17)20-16(18)21-13(9)22/h4,10-11,14-15H,5H2,1-3H3,(H2,18,20,21). The summed E-state index contributed by atoms with van der Waals surface area (Å²) in [5.74, 6) is -3.80. The molecule has 1 aliphatic rings. The zero-order valence-electron chi connectivity index (χ0n) is 16.9. The van der Waals surface area contributed by atoms with E-state index < -0.39 is 57.6 Å². The maximum Gasteiger partial charge on any atom is 0.303 e. The molecule has 16 heteroatoms. The van der Waals surface area contributed by atoms with Gasteiger partial charge in [0.15, 0.2) is 35.2 Å². The van der Waals surface area contributed by atoms with Crippen molar-refractivity contribution in [1.29, 1.82) is 0 Å². The monoisotopic (exact) mass is 491 g/mol. The van der Waals surface area contributed by atoms with Crippen molar-refractivity contribution in [3.63, 3.8) is 0 Å². The number of hydrogen-bond acceptors (Lipinski definition) is 13. The molecule has 2 aromatic heterocycles. The van der Waals surface area contributed by atoms with E-state index in [1.807, 2.05) is 0 Å². The van der Waals surface area contributed by atoms with Crippen LogP contribution in [0.4, 0.5) is 5.95 Å². The van der Waals surface area contributed by atoms with E-state index in [1.54, 1.807) is 0 Å². The van der Waals surface area contributed by atoms with Crippen molar-refractivity contribution in [2.45, 2.75) is 44.6 Å². The van der Waals surface area contributed by atoms with Gasteiger partial charge in [-0.1, -0.05) is 11.6 Å². The number of imidazole rings is 1. The Morgan fingerprint density at radius 1 is 1.12 bits per heavy atom. The van der Waals surface area contributed by atoms with Gasteiger partial charge in [0.1, 0.15) is 5.52 Å². The number of carbonyl (C=O) groups excluding carboxylic acids is 3. The maximum atomic E-state index is 12.8. The summed E-state index contributed by atoms with van der Waals surface area (Å²) in [6.45, 7) is 3.13. The summed E-state index contributed by atoms with van der Waals surface area (Å²) < 4.78 is 47.5. The van der Waals surface area contributed by atoms with Gasteiger partial charge < -0.3 is 24.7 Å². The van der Waals surface area contributed by atoms with Gasteiger partial charge >= 0.3 is 17.9 Å². The third-order valence-corrected chi connectivity index (χ3v) is 6.00. The molecular formula is C16H18ClN5O9S. The lowest BCUT2D eigenvalue weighted by Gasteiger charge is -2.23. The number of ether oxygens (including phenoxy) is 4. The third-order valence-electron chi connectivity index (χ3n) is 4.20. The maximum absolute atomic E-state index is 12.8. The first-order chi connectivity index (χ1) is 14.9. The number of anilines is 1. The number of carbonyl (C=O) groups is 3. The Kier molecular flexibility index (Phi) is 6.52. The number of halogens is 1. The number of rotatable bonds is 6. The van der Waals surface area contributed by atoms with Crippen LogP contribution in [0, 0.1) is 0 Å². The van der Waals surface area contributed by atoms with E-state index in [-0.39, 0.29) is 22.3 Å². The van der Waals surface area contributed by atoms with E-state index >= 15 is 0 Å². The van der Waals surface area contributed by atoms with Crippen LogP contribution in [0.1, 0.15) is 27.0 Å². The van der Waals surface area contributed by atoms with Gasteiger partial charge in [0.25, 0.3) is 0 Å². The molecule has 0 aliphatic carbocycles. The van der Waals surface area contributed by atoms with Gasteiger partial charge in [-0.25, -0.2) is 13.4 Å². The Bertz CT molecular complexity index is 1180. The Labute approximate surface area is 185 Å². The summed E-state index contributed by atoms with van der Waals surface area (Å²) in [5.41, 5.74) is 3.94. The molecule has 0 radical (unpaired) electrons. The predicted octanol–water partition coefficient (Wildman–Crippen LogP) is -0.284. The molecule has 174 valence electrons. The summed E-state index contributed by atoms with van der Waals surface area (Å²) in [6, 6.07) is 0. The van der Waals surface area contributed by atoms with Gasteiger partial charge in [-0.05, 0) is 0 Å². The van der Waals surface area contributed by atoms with Crippen LogP contribution in [0.2, 0.25) is 5.15 Å². The van der Waals surface area contributed by atoms with Crippen LogP contribution in [0.3, 0.4) is 0 Å². The van der Waals surface area contributed by atoms with Crippen LogP contribution in [0.25, 0.3) is 11.2 Å². The Morgan fingerprint density at radius 3 is 2.34 bits per heavy atom. The molecule has 0 amide bonds. The fourth-order valence-corrected chi connectivity index (χ4v) is 4.66. The highest BCUT2D eigenvalue weighted by atomic mass is 35.5. The second-order valence-electron chi connectivity index (χ2n) is 6.66. The number of sulfone groups is 1. The lowest BCUT2D eigenvalue weighted by molar-refractivity contribution is -0.165. The van der Waals surface area contributed by atoms with Gasteiger partial charge in [0, 0.05) is 20.8 Å². The first-order valence-electron chi connectivity index (χ1n) is 8.91. The van der Waals surface area contributed by atoms with Crippen LogP contribution in [0.5, 0.6) is 0 Å². The number of hydrogen-bond donors (Lipinski definition) is 1. The highest BCUT2D eigenvalue weighted by molar-refractivity contribution is 7.91. The second-order valence-corrected chi connectivity index (χ2v) is 9.04. The number of fused-ring (bicyclic) bond motifs is 1. The molecular weight excluding hydrogens is 474 g/mol. The van der Waals surface area contributed by atoms with E-state index in [0.29, 0.717) is 0 Å². The second kappa shape index (κ2) is 8.84. The van der Waals surface area contributed by atoms with Crippen molar-refractivity contribution < 1.29 is 41.7 Å². The fourth-order valence-electron chi connectivity index (χ4n) is 3.07. The van der Waals surface area contributed by atoms with Gasteiger partial charge in [-0.2, -0.15) is 9.97 Å². The molecule has 2 aromatic rings. The molecule has 1 aliphatic heterocycles. The van der Waals surface area contributed by atoms with Crippen molar-refractivity contribution in [3.8, 4) is 0 Å². The number of aromatic nitrogens is 4. The Balaban J connectivity index is 2.11. The van der Waals surface area contributed by atoms with E-state index in [0.717, 1.165) is 20.8 Å². The van der Waals surface area contributed by atoms with Crippen LogP contribution < -0.4 is 5.73 Å². The molecule has 0 saturated carbocycles. The van der Waals surface area contributed by atoms with Crippen molar-refractivity contribution in [1.82, 2.24) is 19.5 Å². The summed E-state index contributed by atoms with van der Waals surface area (Å²) >= 11 is 6.03. The highest BCUT2D eigenvalue weighted by Gasteiger charge is 2.56. The molecule has 32 heavy (non-hydrogen) atoms. The summed E-state index contributed by atoms with van der Waals surface area (Å²) in [6.07, 6.45) is -3.23. The lowest BCUT2D eigenvalue weighted by atomic mass is 10.2. The van der Waals surface area contributed by atoms with E-state index in [9.17, 15) is 22.8 Å². The van der Waals surface area contributed by atoms with Gasteiger partial charge in [-0.15, -0.1) is 0 Å². The van der Waals surface area contributed by atoms with Crippen molar-refractivity contribution >= 4 is 56.5 Å². The average Bonchev–Trinajstić information content (AvgIpc) is 3.22. The average molecular weight is 492 g/mol. The molecule has 0 aromatic carbocycles. The zero-order chi connectivity index (χ0) is 23.8. The lowest BCUT2D eigenvalue weighted by Crippen LogP contribution is -2.42. The molecule has 4 unspecified atom stereocenters. The summed E-state index contributed by atoms with van der Waals surface area (Å²) in [4.78, 5) is 46.4. The van der Waals surface area contributed by atoms with E-state index in [1.165, 1.54) is 10.9 Å². The molecule has 4 atom stereocenters. The normalized spacial score (nSPS) is 23.1. The van der Waals surface area contributed by atoms with Crippen LogP contribution in [-0.2, 0) is 43.2 Å². The van der Waals surface area contributed by atoms with Gasteiger partial charge in [0.2, 0.25) is 21.2 Å². The van der Waals surface area contributed by atoms with E-state index in [2.05, 4.69) is 19.7 Å². The van der Waals surface area contributed by atoms with E-state index in [4.69, 9.17) is 31.5 Å². The topological polar surface area (TPSA) is 192 Å². The smallest absolute Gasteiger partial charge is 0.303 e. The number of esters is 3. The summed E-state index contributed by atoms with van der Waals surface area (Å²) in [5, 5.41) is -0.0798. The number of nitrogen functional groups attached to an aromatic ring is 1. The van der Waals surface area contributed by atoms with Gasteiger partial charge in [-0.3, -0.25) is 19.0 Å². The van der Waals surface area contributed by atoms with Crippen LogP contribution >= 0.6 is 11.6 Å². The third kappa shape index (κ3) is 4.73. The van der Waals surface area contributed by atoms with Crippen LogP contribution in [-0.4, -0.2) is 69.4 Å². The molecule has 1 fully saturated rings. The molecule has 2 N–H and O–H groups in total. The molecule has 0 bridgehead atoms. The first-order valence-corrected chi connectivity index (χ1v) is 11.0. The van der Waals surface area contributed by atoms with Crippen molar-refractivity contribution in [2.24, 2.45) is 0 Å². The minimum Gasteiger partial charge on any atom is -0.454 e. The quantitative estimate of drug-likeness (QED) is 0.315. The Morgan fingerprint density at radius 2 is 1.75 bits per heavy atom. The SMILES string of the molecule is CC(=O)OCS(=O)(=O)C1OC(n2cnc3c(Cl)nc(N)nc32)C(OC(C)=O)C1OC(C)=O. The van der Waals surface area contributed by atoms with Crippen molar-refractivity contribution in [2.75, 3.05) is 11.7 Å². The molecule has 14 nitrogen and oxygen atoms in total. The minimum atomic E-state index is -4.36. The first kappa shape index (κ1) is 23.6. The molecule has 3 rings (SSSR count). The summed E-state index contributed by atoms with van der Waals surface area (Å²) in [7, 11) is -4.36. The molecule has 3 heterocycles. The predicted molar refractivity (Wildman–Crippen MR) is 105 cm³/mol. The fraction of sp³-hybridized carbons (Fsp3) is 0.500. The number of nitrogens with zero attached hydrogens (tertiary/aromatic N) is 4. The molecule has 0 spiro atoms. The van der Waals surface area contributed by atoms with Crippen LogP contribution in [0.15, 0.2) is 6.33 Å². The molecule has 1 saturated heterocycles. The zero-order valence-corrected chi connectivity index (χ0v) is 18.5. The van der Waals surface area contributed by atoms with Gasteiger partial charge in [0.05, 0.1) is 6.33 Å². The van der Waals surface area contributed by atoms with Crippen molar-refractivity contribution in [3.05, 3.63) is 11.5 Å². The largest absolute Gasteiger partial charge is 0.454 e. The number of nitrogens with two attached hydrogens (primary N) is 1. The minimum absolute atomic E-state index is 0.0456. The Hall–Kier alpha value is -3.04.